The molecule has 2 aromatic heterocycles. The number of hydrogen-bond acceptors (Lipinski definition) is 7. The van der Waals surface area contributed by atoms with E-state index in [1.54, 1.807) is 25.6 Å². The fourth-order valence-electron chi connectivity index (χ4n) is 3.67. The molecule has 4 rings (SSSR count). The van der Waals surface area contributed by atoms with Crippen LogP contribution >= 0.6 is 11.3 Å². The molecule has 0 spiro atoms. The minimum atomic E-state index is -0.324. The van der Waals surface area contributed by atoms with Crippen LogP contribution in [0.4, 0.5) is 10.3 Å². The van der Waals surface area contributed by atoms with Gasteiger partial charge in [-0.05, 0) is 18.2 Å². The Balaban J connectivity index is 1.32. The number of fused-ring (bicyclic) bond motifs is 1. The number of nitrogens with one attached hydrogen (secondary N) is 1. The number of nitrogens with zero attached hydrogens (tertiary/aromatic N) is 4. The highest BCUT2D eigenvalue weighted by Gasteiger charge is 2.22. The van der Waals surface area contributed by atoms with E-state index in [-0.39, 0.29) is 18.3 Å². The molecule has 1 saturated heterocycles. The van der Waals surface area contributed by atoms with Crippen molar-refractivity contribution in [3.05, 3.63) is 52.9 Å². The lowest BCUT2D eigenvalue weighted by Gasteiger charge is -2.34. The van der Waals surface area contributed by atoms with Gasteiger partial charge in [0.05, 0.1) is 11.5 Å². The Morgan fingerprint density at radius 2 is 1.97 bits per heavy atom. The molecule has 0 saturated carbocycles. The minimum absolute atomic E-state index is 0.182. The van der Waals surface area contributed by atoms with E-state index in [0.29, 0.717) is 22.4 Å². The number of benzene rings is 1. The zero-order valence-electron chi connectivity index (χ0n) is 16.8. The first kappa shape index (κ1) is 20.6. The second kappa shape index (κ2) is 9.46. The van der Waals surface area contributed by atoms with Crippen LogP contribution in [0.3, 0.4) is 0 Å². The van der Waals surface area contributed by atoms with Crippen LogP contribution in [0.1, 0.15) is 15.2 Å². The van der Waals surface area contributed by atoms with E-state index in [0.717, 1.165) is 43.4 Å². The molecule has 3 aromatic rings. The molecule has 0 aliphatic carbocycles. The number of carbonyl (C=O) groups excluding carboxylic acids is 1. The third-order valence-corrected chi connectivity index (χ3v) is 6.38. The zero-order chi connectivity index (χ0) is 20.9. The monoisotopic (exact) mass is 429 g/mol. The van der Waals surface area contributed by atoms with Crippen LogP contribution in [-0.4, -0.2) is 67.2 Å². The summed E-state index contributed by atoms with van der Waals surface area (Å²) >= 11 is 1.30. The average molecular weight is 430 g/mol. The fourth-order valence-corrected chi connectivity index (χ4v) is 4.80. The molecule has 0 atom stereocenters. The Kier molecular flexibility index (Phi) is 6.51. The van der Waals surface area contributed by atoms with E-state index in [4.69, 9.17) is 4.74 Å². The maximum absolute atomic E-state index is 14.3. The Morgan fingerprint density at radius 1 is 1.20 bits per heavy atom. The van der Waals surface area contributed by atoms with Gasteiger partial charge in [0.2, 0.25) is 5.95 Å². The number of methoxy groups -OCH3 is 1. The van der Waals surface area contributed by atoms with Gasteiger partial charge < -0.3 is 15.0 Å². The minimum Gasteiger partial charge on any atom is -0.380 e. The molecule has 1 aliphatic rings. The summed E-state index contributed by atoms with van der Waals surface area (Å²) in [5.74, 6) is 0.252. The smallest absolute Gasteiger partial charge is 0.261 e. The molecule has 9 heteroatoms. The summed E-state index contributed by atoms with van der Waals surface area (Å²) in [6, 6.07) is 6.71. The lowest BCUT2D eigenvalue weighted by atomic mass is 10.1. The molecule has 1 amide bonds. The SMILES string of the molecule is COCc1c(C(=O)NCCN2CCN(c3ncccn3)CC2)sc2cccc(F)c12. The Bertz CT molecular complexity index is 1010. The number of amides is 1. The van der Waals surface area contributed by atoms with E-state index in [1.807, 2.05) is 12.1 Å². The van der Waals surface area contributed by atoms with Crippen molar-refractivity contribution >= 4 is 33.3 Å². The maximum Gasteiger partial charge on any atom is 0.261 e. The summed E-state index contributed by atoms with van der Waals surface area (Å²) in [6.45, 7) is 4.97. The van der Waals surface area contributed by atoms with E-state index >= 15 is 0 Å². The van der Waals surface area contributed by atoms with E-state index < -0.39 is 0 Å². The van der Waals surface area contributed by atoms with Gasteiger partial charge in [-0.15, -0.1) is 11.3 Å². The Morgan fingerprint density at radius 3 is 2.70 bits per heavy atom. The van der Waals surface area contributed by atoms with Crippen molar-refractivity contribution in [2.75, 3.05) is 51.3 Å². The van der Waals surface area contributed by atoms with Crippen molar-refractivity contribution in [2.45, 2.75) is 6.61 Å². The number of ether oxygens (including phenoxy) is 1. The number of carbonyl (C=O) groups is 1. The largest absolute Gasteiger partial charge is 0.380 e. The summed E-state index contributed by atoms with van der Waals surface area (Å²) < 4.78 is 20.3. The van der Waals surface area contributed by atoms with Gasteiger partial charge in [0.25, 0.3) is 5.91 Å². The third-order valence-electron chi connectivity index (χ3n) is 5.18. The molecule has 1 fully saturated rings. The lowest BCUT2D eigenvalue weighted by molar-refractivity contribution is 0.0947. The Labute approximate surface area is 178 Å². The fraction of sp³-hybridized carbons (Fsp3) is 0.381. The third kappa shape index (κ3) is 4.43. The molecule has 0 radical (unpaired) electrons. The standard InChI is InChI=1S/C21H24FN5O2S/c1-29-14-15-18-16(22)4-2-5-17(18)30-19(15)20(28)23-8-9-26-10-12-27(13-11-26)21-24-6-3-7-25-21/h2-7H,8-14H2,1H3,(H,23,28). The first-order valence-corrected chi connectivity index (χ1v) is 10.7. The topological polar surface area (TPSA) is 70.6 Å². The predicted octanol–water partition coefficient (Wildman–Crippen LogP) is 2.53. The first-order chi connectivity index (χ1) is 14.7. The normalized spacial score (nSPS) is 14.9. The van der Waals surface area contributed by atoms with Gasteiger partial charge in [-0.1, -0.05) is 6.07 Å². The van der Waals surface area contributed by atoms with E-state index in [9.17, 15) is 9.18 Å². The Hall–Kier alpha value is -2.62. The van der Waals surface area contributed by atoms with Crippen molar-refractivity contribution < 1.29 is 13.9 Å². The van der Waals surface area contributed by atoms with Crippen molar-refractivity contribution in [3.8, 4) is 0 Å². The summed E-state index contributed by atoms with van der Waals surface area (Å²) in [7, 11) is 1.55. The lowest BCUT2D eigenvalue weighted by Crippen LogP contribution is -2.49. The van der Waals surface area contributed by atoms with Gasteiger partial charge in [0, 0.05) is 74.4 Å². The predicted molar refractivity (Wildman–Crippen MR) is 116 cm³/mol. The average Bonchev–Trinajstić information content (AvgIpc) is 3.15. The molecule has 1 aromatic carbocycles. The molecule has 7 nitrogen and oxygen atoms in total. The summed E-state index contributed by atoms with van der Waals surface area (Å²) in [6.07, 6.45) is 3.50. The van der Waals surface area contributed by atoms with Crippen molar-refractivity contribution in [1.82, 2.24) is 20.2 Å². The van der Waals surface area contributed by atoms with Gasteiger partial charge in [0.1, 0.15) is 5.82 Å². The summed E-state index contributed by atoms with van der Waals surface area (Å²) in [5.41, 5.74) is 0.615. The number of thiophene rings is 1. The first-order valence-electron chi connectivity index (χ1n) is 9.88. The highest BCUT2D eigenvalue weighted by molar-refractivity contribution is 7.21. The molecular formula is C21H24FN5O2S. The van der Waals surface area contributed by atoms with Crippen LogP contribution in [-0.2, 0) is 11.3 Å². The molecule has 0 bridgehead atoms. The molecule has 3 heterocycles. The van der Waals surface area contributed by atoms with Crippen molar-refractivity contribution in [2.24, 2.45) is 0 Å². The van der Waals surface area contributed by atoms with Gasteiger partial charge in [-0.2, -0.15) is 0 Å². The maximum atomic E-state index is 14.3. The van der Waals surface area contributed by atoms with Crippen LogP contribution in [0.25, 0.3) is 10.1 Å². The van der Waals surface area contributed by atoms with E-state index in [2.05, 4.69) is 25.1 Å². The summed E-state index contributed by atoms with van der Waals surface area (Å²) in [4.78, 5) is 26.4. The molecular weight excluding hydrogens is 405 g/mol. The van der Waals surface area contributed by atoms with Gasteiger partial charge in [0.15, 0.2) is 0 Å². The number of aromatic nitrogens is 2. The van der Waals surface area contributed by atoms with Crippen LogP contribution in [0.2, 0.25) is 0 Å². The number of piperazine rings is 1. The highest BCUT2D eigenvalue weighted by Crippen LogP contribution is 2.33. The molecule has 1 aliphatic heterocycles. The van der Waals surface area contributed by atoms with Crippen LogP contribution in [0.5, 0.6) is 0 Å². The van der Waals surface area contributed by atoms with Gasteiger partial charge in [-0.3, -0.25) is 9.69 Å². The second-order valence-electron chi connectivity index (χ2n) is 7.09. The van der Waals surface area contributed by atoms with E-state index in [1.165, 1.54) is 17.4 Å². The molecule has 0 unspecified atom stereocenters. The number of hydrogen-bond donors (Lipinski definition) is 1. The van der Waals surface area contributed by atoms with Crippen molar-refractivity contribution in [3.63, 3.8) is 0 Å². The highest BCUT2D eigenvalue weighted by atomic mass is 32.1. The number of rotatable bonds is 7. The van der Waals surface area contributed by atoms with Gasteiger partial charge in [-0.25, -0.2) is 14.4 Å². The van der Waals surface area contributed by atoms with Gasteiger partial charge >= 0.3 is 0 Å². The van der Waals surface area contributed by atoms with Crippen LogP contribution < -0.4 is 10.2 Å². The van der Waals surface area contributed by atoms with Crippen LogP contribution in [0.15, 0.2) is 36.7 Å². The number of anilines is 1. The molecule has 1 N–H and O–H groups in total. The second-order valence-corrected chi connectivity index (χ2v) is 8.14. The molecule has 158 valence electrons. The zero-order valence-corrected chi connectivity index (χ0v) is 17.6. The quantitative estimate of drug-likeness (QED) is 0.623. The molecule has 30 heavy (non-hydrogen) atoms. The van der Waals surface area contributed by atoms with Crippen molar-refractivity contribution in [1.29, 1.82) is 0 Å². The summed E-state index contributed by atoms with van der Waals surface area (Å²) in [5, 5.41) is 3.46. The number of halogens is 1. The van der Waals surface area contributed by atoms with Crippen LogP contribution in [0, 0.1) is 5.82 Å².